The van der Waals surface area contributed by atoms with Gasteiger partial charge in [0.25, 0.3) is 0 Å². The molecule has 0 radical (unpaired) electrons. The van der Waals surface area contributed by atoms with E-state index >= 15 is 0 Å². The second kappa shape index (κ2) is 12.6. The van der Waals surface area contributed by atoms with E-state index in [-0.39, 0.29) is 23.2 Å². The molecular formula is C27H27BrF3N3O2. The molecule has 0 amide bonds. The Morgan fingerprint density at radius 3 is 2.33 bits per heavy atom. The van der Waals surface area contributed by atoms with Crippen LogP contribution >= 0.6 is 15.9 Å². The summed E-state index contributed by atoms with van der Waals surface area (Å²) in [6.45, 7) is 2.26. The average Bonchev–Trinajstić information content (AvgIpc) is 2.86. The number of benzene rings is 3. The monoisotopic (exact) mass is 561 g/mol. The van der Waals surface area contributed by atoms with Gasteiger partial charge in [-0.2, -0.15) is 13.2 Å². The summed E-state index contributed by atoms with van der Waals surface area (Å²) in [6.07, 6.45) is -4.50. The highest BCUT2D eigenvalue weighted by Gasteiger charge is 2.31. The zero-order valence-electron chi connectivity index (χ0n) is 19.6. The summed E-state index contributed by atoms with van der Waals surface area (Å²) in [5.41, 5.74) is 8.19. The molecular weight excluding hydrogens is 535 g/mol. The maximum atomic E-state index is 13.3. The topological polar surface area (TPSA) is 76.4 Å². The van der Waals surface area contributed by atoms with Gasteiger partial charge in [0, 0.05) is 28.9 Å². The van der Waals surface area contributed by atoms with Gasteiger partial charge in [-0.1, -0.05) is 64.5 Å². The van der Waals surface area contributed by atoms with Crippen LogP contribution in [-0.2, 0) is 22.3 Å². The Labute approximate surface area is 216 Å². The lowest BCUT2D eigenvalue weighted by molar-refractivity contribution is -0.139. The minimum Gasteiger partial charge on any atom is -0.463 e. The summed E-state index contributed by atoms with van der Waals surface area (Å²) in [4.78, 5) is 13.3. The van der Waals surface area contributed by atoms with E-state index in [0.29, 0.717) is 17.9 Å². The fourth-order valence-electron chi connectivity index (χ4n) is 3.64. The zero-order chi connectivity index (χ0) is 26.1. The van der Waals surface area contributed by atoms with Crippen LogP contribution in [0.4, 0.5) is 24.5 Å². The summed E-state index contributed by atoms with van der Waals surface area (Å²) in [5, 5.41) is 6.58. The molecule has 36 heavy (non-hydrogen) atoms. The molecule has 0 saturated carbocycles. The van der Waals surface area contributed by atoms with Crippen LogP contribution in [0.15, 0.2) is 90.1 Å². The van der Waals surface area contributed by atoms with Crippen LogP contribution in [-0.4, -0.2) is 17.9 Å². The fraction of sp³-hybridized carbons (Fsp3) is 0.222. The Morgan fingerprint density at radius 1 is 1.03 bits per heavy atom. The number of allylic oxidation sites excluding steroid dienone is 1. The number of nitrogens with one attached hydrogen (secondary N) is 2. The third kappa shape index (κ3) is 7.35. The first-order valence-corrected chi connectivity index (χ1v) is 12.4. The predicted octanol–water partition coefficient (Wildman–Crippen LogP) is 6.44. The van der Waals surface area contributed by atoms with Crippen LogP contribution in [0.5, 0.6) is 0 Å². The number of hydrogen-bond acceptors (Lipinski definition) is 5. The number of alkyl halides is 4. The number of anilines is 2. The van der Waals surface area contributed by atoms with Crippen molar-refractivity contribution in [2.45, 2.75) is 25.7 Å². The number of halogens is 4. The molecule has 3 rings (SSSR count). The molecule has 0 fully saturated rings. The summed E-state index contributed by atoms with van der Waals surface area (Å²) in [6, 6.07) is 20.9. The van der Waals surface area contributed by atoms with Gasteiger partial charge in [-0.3, -0.25) is 0 Å². The fourth-order valence-corrected chi connectivity index (χ4v) is 4.08. The molecule has 190 valence electrons. The highest BCUT2D eigenvalue weighted by molar-refractivity contribution is 9.09. The van der Waals surface area contributed by atoms with E-state index in [1.54, 1.807) is 31.2 Å². The second-order valence-corrected chi connectivity index (χ2v) is 8.48. The highest BCUT2D eigenvalue weighted by atomic mass is 79.9. The number of esters is 1. The van der Waals surface area contributed by atoms with Crippen molar-refractivity contribution in [3.63, 3.8) is 0 Å². The van der Waals surface area contributed by atoms with Crippen molar-refractivity contribution in [3.05, 3.63) is 107 Å². The SMILES string of the molecule is CCOC(=O)/C(=C(\CBr)Nc1cccc(C(F)(F)F)c1)[C@H](NCc1ccccc1)c1ccc(N)cc1. The lowest BCUT2D eigenvalue weighted by Gasteiger charge is -2.25. The van der Waals surface area contributed by atoms with Gasteiger partial charge in [0.2, 0.25) is 0 Å². The van der Waals surface area contributed by atoms with Gasteiger partial charge in [-0.15, -0.1) is 0 Å². The van der Waals surface area contributed by atoms with Crippen molar-refractivity contribution in [2.75, 3.05) is 23.0 Å². The van der Waals surface area contributed by atoms with Crippen LogP contribution in [0.1, 0.15) is 29.7 Å². The summed E-state index contributed by atoms with van der Waals surface area (Å²) in [7, 11) is 0. The third-order valence-corrected chi connectivity index (χ3v) is 5.91. The van der Waals surface area contributed by atoms with Gasteiger partial charge in [-0.25, -0.2) is 4.79 Å². The Morgan fingerprint density at radius 2 is 1.72 bits per heavy atom. The third-order valence-electron chi connectivity index (χ3n) is 5.35. The Balaban J connectivity index is 2.09. The molecule has 0 bridgehead atoms. The first-order chi connectivity index (χ1) is 17.2. The van der Waals surface area contributed by atoms with Crippen LogP contribution in [0, 0.1) is 0 Å². The average molecular weight is 562 g/mol. The van der Waals surface area contributed by atoms with Crippen molar-refractivity contribution in [3.8, 4) is 0 Å². The highest BCUT2D eigenvalue weighted by Crippen LogP contribution is 2.33. The maximum absolute atomic E-state index is 13.3. The van der Waals surface area contributed by atoms with Gasteiger partial charge in [0.15, 0.2) is 0 Å². The molecule has 0 aromatic heterocycles. The van der Waals surface area contributed by atoms with E-state index < -0.39 is 23.8 Å². The second-order valence-electron chi connectivity index (χ2n) is 7.92. The molecule has 0 spiro atoms. The molecule has 0 saturated heterocycles. The molecule has 3 aromatic rings. The Kier molecular flexibility index (Phi) is 9.55. The van der Waals surface area contributed by atoms with Gasteiger partial charge >= 0.3 is 12.1 Å². The molecule has 5 nitrogen and oxygen atoms in total. The molecule has 0 unspecified atom stereocenters. The summed E-state index contributed by atoms with van der Waals surface area (Å²) in [5.74, 6) is -0.589. The minimum absolute atomic E-state index is 0.134. The molecule has 4 N–H and O–H groups in total. The van der Waals surface area contributed by atoms with Gasteiger partial charge in [-0.05, 0) is 48.4 Å². The molecule has 3 aromatic carbocycles. The lowest BCUT2D eigenvalue weighted by atomic mass is 9.96. The van der Waals surface area contributed by atoms with E-state index in [0.717, 1.165) is 23.3 Å². The normalized spacial score (nSPS) is 13.0. The Hall–Kier alpha value is -3.30. The minimum atomic E-state index is -4.50. The van der Waals surface area contributed by atoms with E-state index in [9.17, 15) is 18.0 Å². The van der Waals surface area contributed by atoms with Crippen LogP contribution in [0.2, 0.25) is 0 Å². The van der Waals surface area contributed by atoms with Crippen molar-refractivity contribution < 1.29 is 22.7 Å². The predicted molar refractivity (Wildman–Crippen MR) is 139 cm³/mol. The van der Waals surface area contributed by atoms with Crippen molar-refractivity contribution in [1.29, 1.82) is 0 Å². The molecule has 0 aliphatic rings. The summed E-state index contributed by atoms with van der Waals surface area (Å²) >= 11 is 3.40. The van der Waals surface area contributed by atoms with Crippen LogP contribution in [0.25, 0.3) is 0 Å². The molecule has 0 heterocycles. The number of rotatable bonds is 10. The smallest absolute Gasteiger partial charge is 0.416 e. The van der Waals surface area contributed by atoms with Gasteiger partial charge in [0.1, 0.15) is 0 Å². The van der Waals surface area contributed by atoms with Crippen molar-refractivity contribution >= 4 is 33.3 Å². The Bertz CT molecular complexity index is 1180. The molecule has 1 atom stereocenters. The zero-order valence-corrected chi connectivity index (χ0v) is 21.2. The number of carbonyl (C=O) groups is 1. The summed E-state index contributed by atoms with van der Waals surface area (Å²) < 4.78 is 45.2. The first kappa shape index (κ1) is 27.3. The van der Waals surface area contributed by atoms with E-state index in [2.05, 4.69) is 26.6 Å². The van der Waals surface area contributed by atoms with Crippen molar-refractivity contribution in [1.82, 2.24) is 5.32 Å². The maximum Gasteiger partial charge on any atom is 0.416 e. The largest absolute Gasteiger partial charge is 0.463 e. The van der Waals surface area contributed by atoms with E-state index in [1.807, 2.05) is 30.3 Å². The van der Waals surface area contributed by atoms with Gasteiger partial charge in [0.05, 0.1) is 23.8 Å². The first-order valence-electron chi connectivity index (χ1n) is 11.3. The standard InChI is InChI=1S/C27H27BrF3N3O2/c1-2-36-26(35)24(23(16-28)34-22-10-6-9-20(15-22)27(29,30)31)25(19-11-13-21(32)14-12-19)33-17-18-7-4-3-5-8-18/h3-15,25,33-34H,2,16-17,32H2,1H3/b24-23+/t25-/m1/s1. The number of hydrogen-bond donors (Lipinski definition) is 3. The number of ether oxygens (including phenoxy) is 1. The van der Waals surface area contributed by atoms with E-state index in [4.69, 9.17) is 10.5 Å². The number of nitrogen functional groups attached to an aromatic ring is 1. The molecule has 9 heteroatoms. The lowest BCUT2D eigenvalue weighted by Crippen LogP contribution is -2.30. The molecule has 0 aliphatic carbocycles. The van der Waals surface area contributed by atoms with Crippen molar-refractivity contribution in [2.24, 2.45) is 0 Å². The van der Waals surface area contributed by atoms with Crippen LogP contribution in [0.3, 0.4) is 0 Å². The van der Waals surface area contributed by atoms with Crippen LogP contribution < -0.4 is 16.4 Å². The number of nitrogens with two attached hydrogens (primary N) is 1. The van der Waals surface area contributed by atoms with E-state index in [1.165, 1.54) is 12.1 Å². The number of carbonyl (C=O) groups excluding carboxylic acids is 1. The van der Waals surface area contributed by atoms with Gasteiger partial charge < -0.3 is 21.1 Å². The quantitative estimate of drug-likeness (QED) is 0.115. The molecule has 0 aliphatic heterocycles.